The van der Waals surface area contributed by atoms with E-state index in [1.807, 2.05) is 0 Å². The highest BCUT2D eigenvalue weighted by atomic mass is 19.4. The Labute approximate surface area is 157 Å². The average Bonchev–Trinajstić information content (AvgIpc) is 3.44. The number of nitrogens with one attached hydrogen (secondary N) is 2. The van der Waals surface area contributed by atoms with Crippen molar-refractivity contribution >= 4 is 17.6 Å². The van der Waals surface area contributed by atoms with E-state index in [9.17, 15) is 27.6 Å². The van der Waals surface area contributed by atoms with Crippen molar-refractivity contribution in [1.82, 2.24) is 20.6 Å². The minimum absolute atomic E-state index is 0.0319. The van der Waals surface area contributed by atoms with Crippen LogP contribution < -0.4 is 10.9 Å². The summed E-state index contributed by atoms with van der Waals surface area (Å²) in [6.07, 6.45) is -3.06. The minimum Gasteiger partial charge on any atom is -0.283 e. The number of aromatic nitrogens is 2. The van der Waals surface area contributed by atoms with Crippen molar-refractivity contribution in [1.29, 1.82) is 0 Å². The molecule has 148 valence electrons. The summed E-state index contributed by atoms with van der Waals surface area (Å²) in [7, 11) is 0. The number of carbonyl (C=O) groups excluding carboxylic acids is 3. The van der Waals surface area contributed by atoms with E-state index in [0.717, 1.165) is 25.0 Å². The Bertz CT molecular complexity index is 961. The van der Waals surface area contributed by atoms with Gasteiger partial charge in [0.1, 0.15) is 0 Å². The molecule has 0 aliphatic heterocycles. The Hall–Kier alpha value is -3.17. The summed E-state index contributed by atoms with van der Waals surface area (Å²) in [4.78, 5) is 36.1. The highest BCUT2D eigenvalue weighted by molar-refractivity contribution is 6.43. The maximum atomic E-state index is 12.9. The van der Waals surface area contributed by atoms with Crippen molar-refractivity contribution in [2.45, 2.75) is 32.9 Å². The van der Waals surface area contributed by atoms with Gasteiger partial charge in [0.25, 0.3) is 5.78 Å². The van der Waals surface area contributed by atoms with Crippen molar-refractivity contribution in [2.75, 3.05) is 0 Å². The molecule has 1 aromatic carbocycles. The topological polar surface area (TPSA) is 93.1 Å². The number of ketones is 1. The highest BCUT2D eigenvalue weighted by Gasteiger charge is 2.32. The van der Waals surface area contributed by atoms with Crippen LogP contribution in [0.4, 0.5) is 13.2 Å². The third kappa shape index (κ3) is 3.90. The van der Waals surface area contributed by atoms with E-state index in [2.05, 4.69) is 16.0 Å². The molecular formula is C18H17F3N4O3. The molecule has 3 rings (SSSR count). The van der Waals surface area contributed by atoms with E-state index in [-0.39, 0.29) is 34.5 Å². The second kappa shape index (κ2) is 7.10. The van der Waals surface area contributed by atoms with Gasteiger partial charge in [0.15, 0.2) is 0 Å². The molecule has 1 fully saturated rings. The molecule has 1 aromatic heterocycles. The predicted molar refractivity (Wildman–Crippen MR) is 91.4 cm³/mol. The van der Waals surface area contributed by atoms with Crippen LogP contribution in [-0.2, 0) is 15.8 Å². The third-order valence-corrected chi connectivity index (χ3v) is 4.39. The van der Waals surface area contributed by atoms with Crippen LogP contribution in [0.3, 0.4) is 0 Å². The summed E-state index contributed by atoms with van der Waals surface area (Å²) in [6.45, 7) is 2.95. The van der Waals surface area contributed by atoms with Crippen LogP contribution in [-0.4, -0.2) is 27.4 Å². The SMILES string of the molecule is Cc1nn(-c2cccc(C(F)(F)F)c2)c(C)c1C(=O)C(=O)NNC(=O)C1CC1. The van der Waals surface area contributed by atoms with E-state index in [1.54, 1.807) is 0 Å². The second-order valence-electron chi connectivity index (χ2n) is 6.55. The summed E-state index contributed by atoms with van der Waals surface area (Å²) in [5, 5.41) is 4.10. The number of hydrogen-bond donors (Lipinski definition) is 2. The largest absolute Gasteiger partial charge is 0.416 e. The molecule has 0 bridgehead atoms. The number of Topliss-reactive ketones (excluding diaryl/α,β-unsaturated/α-hetero) is 1. The number of nitrogens with zero attached hydrogens (tertiary/aromatic N) is 2. The van der Waals surface area contributed by atoms with Crippen molar-refractivity contribution in [3.05, 3.63) is 46.8 Å². The van der Waals surface area contributed by atoms with Gasteiger partial charge in [0, 0.05) is 5.92 Å². The Morgan fingerprint density at radius 1 is 1.14 bits per heavy atom. The van der Waals surface area contributed by atoms with Gasteiger partial charge in [-0.3, -0.25) is 25.2 Å². The lowest BCUT2D eigenvalue weighted by atomic mass is 10.1. The zero-order chi connectivity index (χ0) is 20.6. The van der Waals surface area contributed by atoms with Gasteiger partial charge in [-0.1, -0.05) is 6.07 Å². The van der Waals surface area contributed by atoms with Crippen molar-refractivity contribution in [3.8, 4) is 5.69 Å². The first-order chi connectivity index (χ1) is 13.1. The number of carbonyl (C=O) groups is 3. The first kappa shape index (κ1) is 19.6. The van der Waals surface area contributed by atoms with E-state index in [4.69, 9.17) is 0 Å². The summed E-state index contributed by atoms with van der Waals surface area (Å²) < 4.78 is 40.0. The van der Waals surface area contributed by atoms with Crippen LogP contribution in [0.1, 0.15) is 40.2 Å². The number of aryl methyl sites for hydroxylation is 1. The predicted octanol–water partition coefficient (Wildman–Crippen LogP) is 2.25. The number of amides is 2. The fourth-order valence-corrected chi connectivity index (χ4v) is 2.77. The Balaban J connectivity index is 1.84. The van der Waals surface area contributed by atoms with Crippen molar-refractivity contribution < 1.29 is 27.6 Å². The molecule has 0 saturated heterocycles. The molecule has 2 aromatic rings. The van der Waals surface area contributed by atoms with Gasteiger partial charge < -0.3 is 0 Å². The fraction of sp³-hybridized carbons (Fsp3) is 0.333. The van der Waals surface area contributed by atoms with E-state index in [1.165, 1.54) is 30.7 Å². The molecule has 1 heterocycles. The van der Waals surface area contributed by atoms with E-state index in [0.29, 0.717) is 0 Å². The smallest absolute Gasteiger partial charge is 0.283 e. The van der Waals surface area contributed by atoms with Crippen molar-refractivity contribution in [3.63, 3.8) is 0 Å². The monoisotopic (exact) mass is 394 g/mol. The Morgan fingerprint density at radius 2 is 1.82 bits per heavy atom. The van der Waals surface area contributed by atoms with E-state index >= 15 is 0 Å². The molecule has 28 heavy (non-hydrogen) atoms. The van der Waals surface area contributed by atoms with Gasteiger partial charge in [0.05, 0.1) is 28.2 Å². The van der Waals surface area contributed by atoms with Crippen LogP contribution in [0.25, 0.3) is 5.69 Å². The maximum Gasteiger partial charge on any atom is 0.416 e. The summed E-state index contributed by atoms with van der Waals surface area (Å²) in [5.41, 5.74) is 3.86. The number of benzene rings is 1. The molecule has 2 amide bonds. The molecule has 1 saturated carbocycles. The number of hydrogen-bond acceptors (Lipinski definition) is 4. The van der Waals surface area contributed by atoms with Gasteiger partial charge in [0.2, 0.25) is 5.91 Å². The summed E-state index contributed by atoms with van der Waals surface area (Å²) in [5.74, 6) is -2.51. The van der Waals surface area contributed by atoms with Crippen LogP contribution in [0.2, 0.25) is 0 Å². The summed E-state index contributed by atoms with van der Waals surface area (Å²) >= 11 is 0. The average molecular weight is 394 g/mol. The lowest BCUT2D eigenvalue weighted by Crippen LogP contribution is -2.45. The number of alkyl halides is 3. The molecule has 7 nitrogen and oxygen atoms in total. The minimum atomic E-state index is -4.52. The Kier molecular flexibility index (Phi) is 4.97. The van der Waals surface area contributed by atoms with Crippen LogP contribution in [0, 0.1) is 19.8 Å². The highest BCUT2D eigenvalue weighted by Crippen LogP contribution is 2.31. The van der Waals surface area contributed by atoms with Gasteiger partial charge in [-0.15, -0.1) is 0 Å². The van der Waals surface area contributed by atoms with Gasteiger partial charge in [-0.2, -0.15) is 18.3 Å². The number of hydrazine groups is 1. The molecule has 10 heteroatoms. The quantitative estimate of drug-likeness (QED) is 0.473. The molecular weight excluding hydrogens is 377 g/mol. The summed E-state index contributed by atoms with van der Waals surface area (Å²) in [6, 6.07) is 4.48. The lowest BCUT2D eigenvalue weighted by molar-refractivity contribution is -0.137. The molecule has 1 aliphatic rings. The molecule has 2 N–H and O–H groups in total. The number of halogens is 3. The normalized spacial score (nSPS) is 13.9. The van der Waals surface area contributed by atoms with Gasteiger partial charge in [-0.25, -0.2) is 4.68 Å². The maximum absolute atomic E-state index is 12.9. The molecule has 0 unspecified atom stereocenters. The third-order valence-electron chi connectivity index (χ3n) is 4.39. The second-order valence-corrected chi connectivity index (χ2v) is 6.55. The lowest BCUT2D eigenvalue weighted by Gasteiger charge is -2.10. The van der Waals surface area contributed by atoms with Crippen molar-refractivity contribution in [2.24, 2.45) is 5.92 Å². The molecule has 0 radical (unpaired) electrons. The first-order valence-electron chi connectivity index (χ1n) is 8.48. The van der Waals surface area contributed by atoms with Gasteiger partial charge in [-0.05, 0) is 44.9 Å². The molecule has 0 atom stereocenters. The molecule has 1 aliphatic carbocycles. The zero-order valence-corrected chi connectivity index (χ0v) is 15.1. The van der Waals surface area contributed by atoms with Crippen LogP contribution >= 0.6 is 0 Å². The van der Waals surface area contributed by atoms with Gasteiger partial charge >= 0.3 is 12.1 Å². The first-order valence-corrected chi connectivity index (χ1v) is 8.48. The Morgan fingerprint density at radius 3 is 2.43 bits per heavy atom. The zero-order valence-electron chi connectivity index (χ0n) is 15.1. The molecule has 0 spiro atoms. The van der Waals surface area contributed by atoms with Crippen LogP contribution in [0.5, 0.6) is 0 Å². The van der Waals surface area contributed by atoms with E-state index < -0.39 is 23.4 Å². The van der Waals surface area contributed by atoms with Crippen LogP contribution in [0.15, 0.2) is 24.3 Å². The number of rotatable bonds is 4. The standard InChI is InChI=1S/C18H17F3N4O3/c1-9-14(15(26)17(28)23-22-16(27)11-6-7-11)10(2)25(24-9)13-5-3-4-12(8-13)18(19,20)21/h3-5,8,11H,6-7H2,1-2H3,(H,22,27)(H,23,28). The fourth-order valence-electron chi connectivity index (χ4n) is 2.77.